The number of halogens is 1. The van der Waals surface area contributed by atoms with Gasteiger partial charge >= 0.3 is 0 Å². The molecule has 0 amide bonds. The zero-order valence-corrected chi connectivity index (χ0v) is 14.2. The minimum absolute atomic E-state index is 0.242. The topological polar surface area (TPSA) is 41.3 Å². The van der Waals surface area contributed by atoms with Gasteiger partial charge in [0.1, 0.15) is 0 Å². The van der Waals surface area contributed by atoms with Crippen LogP contribution in [0.2, 0.25) is 0 Å². The summed E-state index contributed by atoms with van der Waals surface area (Å²) in [5, 5.41) is 15.0. The number of rotatable bonds is 4. The third kappa shape index (κ3) is 3.35. The smallest absolute Gasteiger partial charge is 0.0758 e. The van der Waals surface area contributed by atoms with Crippen molar-refractivity contribution in [3.8, 4) is 0 Å². The van der Waals surface area contributed by atoms with E-state index in [9.17, 15) is 5.11 Å². The molecule has 0 aliphatic carbocycles. The van der Waals surface area contributed by atoms with Gasteiger partial charge in [-0.25, -0.2) is 0 Å². The van der Waals surface area contributed by atoms with Gasteiger partial charge in [0.2, 0.25) is 0 Å². The van der Waals surface area contributed by atoms with E-state index in [-0.39, 0.29) is 12.1 Å². The molecular weight excluding hydrogens is 326 g/mol. The summed E-state index contributed by atoms with van der Waals surface area (Å²) in [6, 6.07) is 0.242. The van der Waals surface area contributed by atoms with Gasteiger partial charge in [0, 0.05) is 37.1 Å². The van der Waals surface area contributed by atoms with Crippen molar-refractivity contribution in [2.45, 2.75) is 39.0 Å². The molecule has 2 heterocycles. The van der Waals surface area contributed by atoms with Gasteiger partial charge in [-0.3, -0.25) is 9.58 Å². The van der Waals surface area contributed by atoms with Gasteiger partial charge in [-0.05, 0) is 36.8 Å². The highest BCUT2D eigenvalue weighted by Gasteiger charge is 2.28. The zero-order valence-electron chi connectivity index (χ0n) is 11.8. The van der Waals surface area contributed by atoms with Crippen LogP contribution < -0.4 is 0 Å². The summed E-state index contributed by atoms with van der Waals surface area (Å²) in [7, 11) is 2.10. The van der Waals surface area contributed by atoms with Crippen LogP contribution >= 0.6 is 27.7 Å². The van der Waals surface area contributed by atoms with E-state index in [2.05, 4.69) is 39.9 Å². The van der Waals surface area contributed by atoms with Gasteiger partial charge in [-0.2, -0.15) is 16.9 Å². The van der Waals surface area contributed by atoms with Crippen LogP contribution in [0.15, 0.2) is 4.47 Å². The Balaban J connectivity index is 2.11. The number of aryl methyl sites for hydroxylation is 2. The lowest BCUT2D eigenvalue weighted by molar-refractivity contribution is 0.0746. The second kappa shape index (κ2) is 6.61. The van der Waals surface area contributed by atoms with E-state index in [1.54, 1.807) is 0 Å². The Kier molecular flexibility index (Phi) is 5.34. The van der Waals surface area contributed by atoms with E-state index in [4.69, 9.17) is 0 Å². The van der Waals surface area contributed by atoms with Gasteiger partial charge in [0.05, 0.1) is 22.0 Å². The summed E-state index contributed by atoms with van der Waals surface area (Å²) in [5.74, 6) is 2.17. The van der Waals surface area contributed by atoms with Crippen LogP contribution in [0.4, 0.5) is 0 Å². The molecule has 2 rings (SSSR count). The quantitative estimate of drug-likeness (QED) is 0.903. The van der Waals surface area contributed by atoms with Gasteiger partial charge in [-0.1, -0.05) is 0 Å². The molecule has 1 aliphatic heterocycles. The fraction of sp³-hybridized carbons (Fsp3) is 0.769. The number of nitrogens with zero attached hydrogens (tertiary/aromatic N) is 3. The molecule has 0 radical (unpaired) electrons. The minimum atomic E-state index is -0.338. The van der Waals surface area contributed by atoms with Crippen LogP contribution in [-0.2, 0) is 13.0 Å². The van der Waals surface area contributed by atoms with Crippen LogP contribution in [0.3, 0.4) is 0 Å². The SMILES string of the molecule is CCn1nc(C)c(Br)c1CC(O)C1CSCCN1C. The average Bonchev–Trinajstić information content (AvgIpc) is 2.67. The van der Waals surface area contributed by atoms with E-state index in [1.165, 1.54) is 0 Å². The van der Waals surface area contributed by atoms with E-state index < -0.39 is 0 Å². The Hall–Kier alpha value is -0.0400. The van der Waals surface area contributed by atoms with Crippen molar-refractivity contribution in [2.75, 3.05) is 25.1 Å². The Morgan fingerprint density at radius 1 is 1.58 bits per heavy atom. The summed E-state index contributed by atoms with van der Waals surface area (Å²) in [6.45, 7) is 5.97. The van der Waals surface area contributed by atoms with Crippen LogP contribution in [0.5, 0.6) is 0 Å². The fourth-order valence-corrected chi connectivity index (χ4v) is 4.26. The monoisotopic (exact) mass is 347 g/mol. The molecule has 0 spiro atoms. The summed E-state index contributed by atoms with van der Waals surface area (Å²) in [4.78, 5) is 2.27. The molecule has 0 saturated carbocycles. The Morgan fingerprint density at radius 3 is 2.95 bits per heavy atom. The summed E-state index contributed by atoms with van der Waals surface area (Å²) in [6.07, 6.45) is 0.320. The molecule has 108 valence electrons. The molecule has 19 heavy (non-hydrogen) atoms. The first-order valence-corrected chi connectivity index (χ1v) is 8.67. The molecule has 1 aromatic heterocycles. The highest BCUT2D eigenvalue weighted by Crippen LogP contribution is 2.25. The standard InChI is InChI=1S/C13H22BrN3OS/c1-4-17-10(13(14)9(2)15-17)7-12(18)11-8-19-6-5-16(11)3/h11-12,18H,4-8H2,1-3H3. The third-order valence-corrected chi connectivity index (χ3v) is 5.82. The molecule has 6 heteroatoms. The summed E-state index contributed by atoms with van der Waals surface area (Å²) < 4.78 is 3.03. The number of aromatic nitrogens is 2. The van der Waals surface area contributed by atoms with Crippen molar-refractivity contribution in [3.05, 3.63) is 15.9 Å². The second-order valence-electron chi connectivity index (χ2n) is 5.06. The summed E-state index contributed by atoms with van der Waals surface area (Å²) >= 11 is 5.53. The van der Waals surface area contributed by atoms with Crippen LogP contribution in [-0.4, -0.2) is 57.0 Å². The first-order valence-electron chi connectivity index (χ1n) is 6.72. The molecule has 0 bridgehead atoms. The zero-order chi connectivity index (χ0) is 14.0. The lowest BCUT2D eigenvalue weighted by atomic mass is 10.1. The molecule has 1 N–H and O–H groups in total. The molecule has 2 atom stereocenters. The van der Waals surface area contributed by atoms with Crippen molar-refractivity contribution in [1.29, 1.82) is 0 Å². The van der Waals surface area contributed by atoms with E-state index in [1.807, 2.05) is 23.4 Å². The summed E-state index contributed by atoms with van der Waals surface area (Å²) in [5.41, 5.74) is 2.10. The predicted molar refractivity (Wildman–Crippen MR) is 83.8 cm³/mol. The molecule has 1 fully saturated rings. The Morgan fingerprint density at radius 2 is 2.32 bits per heavy atom. The van der Waals surface area contributed by atoms with Crippen molar-refractivity contribution in [3.63, 3.8) is 0 Å². The highest BCUT2D eigenvalue weighted by atomic mass is 79.9. The van der Waals surface area contributed by atoms with Crippen molar-refractivity contribution in [2.24, 2.45) is 0 Å². The number of likely N-dealkylation sites (N-methyl/N-ethyl adjacent to an activating group) is 1. The molecule has 1 saturated heterocycles. The van der Waals surface area contributed by atoms with Crippen molar-refractivity contribution in [1.82, 2.24) is 14.7 Å². The maximum Gasteiger partial charge on any atom is 0.0758 e. The lowest BCUT2D eigenvalue weighted by Crippen LogP contribution is -2.48. The normalized spacial score (nSPS) is 22.7. The maximum atomic E-state index is 10.5. The largest absolute Gasteiger partial charge is 0.391 e. The third-order valence-electron chi connectivity index (χ3n) is 3.74. The lowest BCUT2D eigenvalue weighted by Gasteiger charge is -2.35. The van der Waals surface area contributed by atoms with Gasteiger partial charge < -0.3 is 5.11 Å². The molecule has 2 unspecified atom stereocenters. The number of hydrogen-bond donors (Lipinski definition) is 1. The van der Waals surface area contributed by atoms with Crippen LogP contribution in [0.25, 0.3) is 0 Å². The minimum Gasteiger partial charge on any atom is -0.391 e. The van der Waals surface area contributed by atoms with Gasteiger partial charge in [-0.15, -0.1) is 0 Å². The highest BCUT2D eigenvalue weighted by molar-refractivity contribution is 9.10. The van der Waals surface area contributed by atoms with Crippen LogP contribution in [0, 0.1) is 6.92 Å². The van der Waals surface area contributed by atoms with Crippen molar-refractivity contribution >= 4 is 27.7 Å². The molecular formula is C13H22BrN3OS. The molecule has 1 aromatic rings. The molecule has 0 aromatic carbocycles. The molecule has 4 nitrogen and oxygen atoms in total. The average molecular weight is 348 g/mol. The number of aliphatic hydroxyl groups is 1. The van der Waals surface area contributed by atoms with E-state index in [0.717, 1.165) is 40.5 Å². The van der Waals surface area contributed by atoms with Crippen LogP contribution in [0.1, 0.15) is 18.3 Å². The Bertz CT molecular complexity index is 438. The van der Waals surface area contributed by atoms with E-state index >= 15 is 0 Å². The van der Waals surface area contributed by atoms with Gasteiger partial charge in [0.15, 0.2) is 0 Å². The first-order chi connectivity index (χ1) is 9.04. The molecule has 1 aliphatic rings. The van der Waals surface area contributed by atoms with Gasteiger partial charge in [0.25, 0.3) is 0 Å². The van der Waals surface area contributed by atoms with E-state index in [0.29, 0.717) is 6.42 Å². The maximum absolute atomic E-state index is 10.5. The number of thioether (sulfide) groups is 1. The van der Waals surface area contributed by atoms with Crippen molar-refractivity contribution < 1.29 is 5.11 Å². The first kappa shape index (κ1) is 15.4. The Labute approximate surface area is 127 Å². The number of hydrogen-bond acceptors (Lipinski definition) is 4. The second-order valence-corrected chi connectivity index (χ2v) is 7.00. The number of aliphatic hydroxyl groups excluding tert-OH is 1. The predicted octanol–water partition coefficient (Wildman–Crippen LogP) is 1.92. The fourth-order valence-electron chi connectivity index (χ4n) is 2.51.